The number of thioether (sulfide) groups is 1. The molecule has 3 atom stereocenters. The number of hydrogen-bond donors (Lipinski definition) is 1. The summed E-state index contributed by atoms with van der Waals surface area (Å²) in [4.78, 5) is 83.3. The van der Waals surface area contributed by atoms with Crippen molar-refractivity contribution < 1.29 is 33.4 Å². The number of nitrogens with one attached hydrogen (secondary N) is 1. The maximum Gasteiger partial charge on any atom is 0.338 e. The molecule has 14 heteroatoms. The molecule has 0 aliphatic carbocycles. The number of hydrogen-bond acceptors (Lipinski definition) is 11. The van der Waals surface area contributed by atoms with Crippen molar-refractivity contribution in [3.05, 3.63) is 104 Å². The van der Waals surface area contributed by atoms with E-state index >= 15 is 0 Å². The van der Waals surface area contributed by atoms with Gasteiger partial charge in [0.15, 0.2) is 0 Å². The summed E-state index contributed by atoms with van der Waals surface area (Å²) in [5, 5.41) is 2.35. The van der Waals surface area contributed by atoms with Crippen molar-refractivity contribution in [3.63, 3.8) is 0 Å². The molecule has 0 radical (unpaired) electrons. The lowest BCUT2D eigenvalue weighted by Crippen LogP contribution is -2.33. The second-order valence-corrected chi connectivity index (χ2v) is 14.2. The predicted octanol–water partition coefficient (Wildman–Crippen LogP) is 5.54. The van der Waals surface area contributed by atoms with Gasteiger partial charge in [-0.3, -0.25) is 23.7 Å². The van der Waals surface area contributed by atoms with Crippen molar-refractivity contribution in [1.29, 1.82) is 0 Å². The van der Waals surface area contributed by atoms with Gasteiger partial charge in [-0.2, -0.15) is 0 Å². The molecule has 270 valence electrons. The van der Waals surface area contributed by atoms with E-state index in [1.807, 2.05) is 24.3 Å². The number of amides is 3. The zero-order valence-electron chi connectivity index (χ0n) is 29.1. The van der Waals surface area contributed by atoms with E-state index < -0.39 is 46.7 Å². The van der Waals surface area contributed by atoms with Gasteiger partial charge < -0.3 is 19.7 Å². The molecular weight excluding hydrogens is 705 g/mol. The number of esters is 2. The monoisotopic (exact) mass is 742 g/mol. The van der Waals surface area contributed by atoms with Crippen LogP contribution in [-0.2, 0) is 30.4 Å². The Labute approximate surface area is 308 Å². The first-order chi connectivity index (χ1) is 25.1. The van der Waals surface area contributed by atoms with Crippen molar-refractivity contribution in [3.8, 4) is 0 Å². The zero-order valence-corrected chi connectivity index (χ0v) is 30.8. The lowest BCUT2D eigenvalue weighted by atomic mass is 9.83. The normalized spacial score (nSPS) is 17.7. The van der Waals surface area contributed by atoms with Crippen LogP contribution in [0.4, 0.5) is 17.1 Å². The first kappa shape index (κ1) is 36.6. The summed E-state index contributed by atoms with van der Waals surface area (Å²) in [5.74, 6) is -3.78. The Balaban J connectivity index is 1.34. The topological polar surface area (TPSA) is 144 Å². The van der Waals surface area contributed by atoms with Crippen molar-refractivity contribution in [2.75, 3.05) is 41.4 Å². The Bertz CT molecular complexity index is 2050. The molecule has 0 spiro atoms. The van der Waals surface area contributed by atoms with E-state index in [2.05, 4.69) is 24.1 Å². The summed E-state index contributed by atoms with van der Waals surface area (Å²) < 4.78 is 11.5. The predicted molar refractivity (Wildman–Crippen MR) is 199 cm³/mol. The smallest absolute Gasteiger partial charge is 0.338 e. The fourth-order valence-corrected chi connectivity index (χ4v) is 9.33. The molecule has 0 bridgehead atoms. The second-order valence-electron chi connectivity index (χ2n) is 12.1. The molecule has 6 rings (SSSR count). The van der Waals surface area contributed by atoms with Gasteiger partial charge >= 0.3 is 16.8 Å². The largest absolute Gasteiger partial charge is 0.462 e. The minimum absolute atomic E-state index is 0.211. The Morgan fingerprint density at radius 3 is 1.90 bits per heavy atom. The molecule has 3 amide bonds. The Morgan fingerprint density at radius 2 is 1.35 bits per heavy atom. The Hall–Kier alpha value is -5.21. The molecule has 52 heavy (non-hydrogen) atoms. The van der Waals surface area contributed by atoms with Crippen molar-refractivity contribution in [1.82, 2.24) is 4.57 Å². The number of aromatic nitrogens is 1. The van der Waals surface area contributed by atoms with E-state index in [-0.39, 0.29) is 24.6 Å². The van der Waals surface area contributed by atoms with Crippen LogP contribution in [-0.4, -0.2) is 65.8 Å². The number of carbonyl (C=O) groups is 5. The highest BCUT2D eigenvalue weighted by Crippen LogP contribution is 2.54. The van der Waals surface area contributed by atoms with E-state index in [0.29, 0.717) is 32.4 Å². The van der Waals surface area contributed by atoms with Crippen LogP contribution in [0.15, 0.2) is 82.6 Å². The first-order valence-corrected chi connectivity index (χ1v) is 18.8. The molecular formula is C38H38N4O8S2. The van der Waals surface area contributed by atoms with Crippen LogP contribution >= 0.6 is 23.1 Å². The highest BCUT2D eigenvalue weighted by atomic mass is 32.2. The number of anilines is 3. The fraction of sp³-hybridized carbons (Fsp3) is 0.316. The second kappa shape index (κ2) is 15.6. The van der Waals surface area contributed by atoms with Crippen molar-refractivity contribution >= 4 is 69.8 Å². The summed E-state index contributed by atoms with van der Waals surface area (Å²) in [6.07, 6.45) is 0. The van der Waals surface area contributed by atoms with Crippen LogP contribution in [0.1, 0.15) is 64.8 Å². The van der Waals surface area contributed by atoms with E-state index in [9.17, 15) is 28.8 Å². The molecule has 1 fully saturated rings. The van der Waals surface area contributed by atoms with E-state index in [1.165, 1.54) is 28.8 Å². The van der Waals surface area contributed by atoms with Crippen LogP contribution in [0.2, 0.25) is 0 Å². The van der Waals surface area contributed by atoms with Gasteiger partial charge in [0.05, 0.1) is 41.0 Å². The van der Waals surface area contributed by atoms with Crippen LogP contribution < -0.4 is 20.0 Å². The molecule has 0 unspecified atom stereocenters. The summed E-state index contributed by atoms with van der Waals surface area (Å²) in [7, 11) is 0. The summed E-state index contributed by atoms with van der Waals surface area (Å²) in [6, 6.07) is 20.2. The summed E-state index contributed by atoms with van der Waals surface area (Å²) in [6.45, 7) is 9.29. The standard InChI is InChI=1S/C38H38N4O8S2/c1-5-40(6-2)26-17-11-22(12-18-26)29-30-31(34(45)42(33(30)44)27-19-13-24(14-20-27)37(47)50-8-4)51-35-32(29)52-38(48)41(35)21-28(43)39-25-15-9-23(10-16-25)36(46)49-7-3/h9-20,29-31H,5-8,21H2,1-4H3,(H,39,43)/t29-,30-,31+/m0/s1. The number of imide groups is 1. The average Bonchev–Trinajstić information content (AvgIpc) is 3.59. The van der Waals surface area contributed by atoms with Gasteiger partial charge in [-0.1, -0.05) is 35.2 Å². The average molecular weight is 743 g/mol. The third-order valence-corrected chi connectivity index (χ3v) is 11.7. The molecule has 2 aliphatic heterocycles. The highest BCUT2D eigenvalue weighted by molar-refractivity contribution is 8.00. The Morgan fingerprint density at radius 1 is 0.769 bits per heavy atom. The quantitative estimate of drug-likeness (QED) is 0.145. The zero-order chi connectivity index (χ0) is 37.1. The van der Waals surface area contributed by atoms with Gasteiger partial charge in [0.1, 0.15) is 11.8 Å². The van der Waals surface area contributed by atoms with Crippen LogP contribution in [0.25, 0.3) is 0 Å². The van der Waals surface area contributed by atoms with E-state index in [4.69, 9.17) is 9.47 Å². The number of benzene rings is 3. The van der Waals surface area contributed by atoms with Crippen molar-refractivity contribution in [2.45, 2.75) is 50.4 Å². The Kier molecular flexibility index (Phi) is 11.0. The molecule has 3 heterocycles. The minimum Gasteiger partial charge on any atom is -0.462 e. The molecule has 1 saturated heterocycles. The number of carbonyl (C=O) groups excluding carboxylic acids is 5. The first-order valence-electron chi connectivity index (χ1n) is 17.1. The number of rotatable bonds is 12. The maximum absolute atomic E-state index is 14.3. The van der Waals surface area contributed by atoms with Gasteiger partial charge in [0.25, 0.3) is 0 Å². The van der Waals surface area contributed by atoms with Crippen LogP contribution in [0, 0.1) is 5.92 Å². The number of nitrogens with zero attached hydrogens (tertiary/aromatic N) is 3. The molecule has 12 nitrogen and oxygen atoms in total. The van der Waals surface area contributed by atoms with Gasteiger partial charge in [-0.05, 0) is 93.9 Å². The van der Waals surface area contributed by atoms with Crippen molar-refractivity contribution in [2.24, 2.45) is 5.92 Å². The van der Waals surface area contributed by atoms with Crippen LogP contribution in [0.3, 0.4) is 0 Å². The van der Waals surface area contributed by atoms with Gasteiger partial charge in [0, 0.05) is 35.3 Å². The third kappa shape index (κ3) is 7.00. The summed E-state index contributed by atoms with van der Waals surface area (Å²) >= 11 is 2.09. The number of thiazole rings is 1. The van der Waals surface area contributed by atoms with Crippen LogP contribution in [0.5, 0.6) is 0 Å². The van der Waals surface area contributed by atoms with Gasteiger partial charge in [-0.15, -0.1) is 0 Å². The van der Waals surface area contributed by atoms with E-state index in [1.54, 1.807) is 38.1 Å². The minimum atomic E-state index is -0.879. The lowest BCUT2D eigenvalue weighted by molar-refractivity contribution is -0.122. The molecule has 0 saturated carbocycles. The summed E-state index contributed by atoms with van der Waals surface area (Å²) in [5.41, 5.74) is 3.16. The molecule has 1 N–H and O–H groups in total. The molecule has 1 aromatic heterocycles. The molecule has 3 aromatic carbocycles. The number of fused-ring (bicyclic) bond motifs is 2. The fourth-order valence-electron chi connectivity index (χ4n) is 6.56. The highest BCUT2D eigenvalue weighted by Gasteiger charge is 2.56. The van der Waals surface area contributed by atoms with E-state index in [0.717, 1.165) is 52.3 Å². The molecule has 2 aliphatic rings. The van der Waals surface area contributed by atoms with Gasteiger partial charge in [-0.25, -0.2) is 14.5 Å². The maximum atomic E-state index is 14.3. The third-order valence-electron chi connectivity index (χ3n) is 9.05. The van der Waals surface area contributed by atoms with Gasteiger partial charge in [0.2, 0.25) is 17.7 Å². The number of ether oxygens (including phenoxy) is 2. The molecule has 4 aromatic rings. The lowest BCUT2D eigenvalue weighted by Gasteiger charge is -2.31. The SMILES string of the molecule is CCOC(=O)c1ccc(NC(=O)Cn2c3c(sc2=O)[C@@H](c2ccc(N(CC)CC)cc2)[C@@H]2C(=O)N(c4ccc(C(=O)OCC)cc4)C(=O)[C@@H]2S3)cc1.